The van der Waals surface area contributed by atoms with Gasteiger partial charge in [-0.2, -0.15) is 0 Å². The van der Waals surface area contributed by atoms with Crippen molar-refractivity contribution in [2.75, 3.05) is 92.1 Å². The highest BCUT2D eigenvalue weighted by atomic mass is 16.6. The topological polar surface area (TPSA) is 113 Å². The molecule has 0 aliphatic carbocycles. The predicted molar refractivity (Wildman–Crippen MR) is 194 cm³/mol. The van der Waals surface area contributed by atoms with Crippen LogP contribution in [0.5, 0.6) is 11.5 Å². The fraction of sp³-hybridized carbons (Fsp3) is 0.487. The number of hydrogen-bond acceptors (Lipinski definition) is 9. The normalized spacial score (nSPS) is 15.1. The number of fused-ring (bicyclic) bond motifs is 3. The molecule has 4 aromatic rings. The number of nitrogens with one attached hydrogen (secondary N) is 1. The van der Waals surface area contributed by atoms with Crippen LogP contribution in [0, 0.1) is 0 Å². The highest BCUT2D eigenvalue weighted by molar-refractivity contribution is 6.06. The molecule has 4 aromatic carbocycles. The van der Waals surface area contributed by atoms with Crippen molar-refractivity contribution in [3.8, 4) is 11.5 Å². The SMILES string of the molecule is NCCCN(CCCN)CCCNCc1c2ccccc2c(Cc2ccc3c(c2)OCCOCCOCCOCCO3)c2ccccc12. The van der Waals surface area contributed by atoms with E-state index < -0.39 is 0 Å². The van der Waals surface area contributed by atoms with Gasteiger partial charge < -0.3 is 45.4 Å². The summed E-state index contributed by atoms with van der Waals surface area (Å²) in [4.78, 5) is 2.49. The van der Waals surface area contributed by atoms with E-state index in [1.165, 1.54) is 32.7 Å². The number of nitrogens with two attached hydrogens (primary N) is 2. The van der Waals surface area contributed by atoms with Gasteiger partial charge >= 0.3 is 0 Å². The summed E-state index contributed by atoms with van der Waals surface area (Å²) in [6.45, 7) is 10.3. The molecule has 5 rings (SSSR count). The van der Waals surface area contributed by atoms with Crippen LogP contribution in [-0.2, 0) is 27.2 Å². The fourth-order valence-corrected chi connectivity index (χ4v) is 6.36. The zero-order valence-electron chi connectivity index (χ0n) is 28.4. The Balaban J connectivity index is 1.33. The van der Waals surface area contributed by atoms with E-state index in [0.717, 1.165) is 82.8 Å². The number of rotatable bonds is 14. The van der Waals surface area contributed by atoms with Crippen molar-refractivity contribution in [1.29, 1.82) is 0 Å². The lowest BCUT2D eigenvalue weighted by molar-refractivity contribution is 0.00708. The molecule has 0 radical (unpaired) electrons. The second-order valence-corrected chi connectivity index (χ2v) is 12.2. The van der Waals surface area contributed by atoms with E-state index in [9.17, 15) is 0 Å². The molecule has 1 aliphatic rings. The predicted octanol–water partition coefficient (Wildman–Crippen LogP) is 4.88. The van der Waals surface area contributed by atoms with Crippen LogP contribution in [0.25, 0.3) is 21.5 Å². The molecule has 0 fully saturated rings. The van der Waals surface area contributed by atoms with Crippen molar-refractivity contribution < 1.29 is 23.7 Å². The van der Waals surface area contributed by atoms with Gasteiger partial charge in [-0.05, 0) is 115 Å². The van der Waals surface area contributed by atoms with Crippen LogP contribution in [0.15, 0.2) is 66.7 Å². The Kier molecular flexibility index (Phi) is 15.2. The molecule has 0 saturated heterocycles. The standard InChI is InChI=1S/C39H54N4O5/c40-14-5-17-43(18-6-15-41)19-7-16-42-30-37-34-10-3-1-8-32(34)36(33-9-2-4-11-35(33)37)28-31-12-13-38-39(29-31)48-27-25-46-23-21-44-20-22-45-24-26-47-38/h1-4,8-13,29,42H,5-7,14-28,30,40-41H2. The smallest absolute Gasteiger partial charge is 0.161 e. The molecule has 260 valence electrons. The van der Waals surface area contributed by atoms with E-state index in [2.05, 4.69) is 70.9 Å². The Hall–Kier alpha value is -3.28. The molecule has 1 heterocycles. The van der Waals surface area contributed by atoms with Crippen molar-refractivity contribution in [3.63, 3.8) is 0 Å². The summed E-state index contributed by atoms with van der Waals surface area (Å²) >= 11 is 0. The molecule has 9 heteroatoms. The van der Waals surface area contributed by atoms with Gasteiger partial charge in [-0.15, -0.1) is 0 Å². The van der Waals surface area contributed by atoms with Crippen LogP contribution in [0.2, 0.25) is 0 Å². The maximum Gasteiger partial charge on any atom is 0.161 e. The average molecular weight is 659 g/mol. The Morgan fingerprint density at radius 2 is 1.06 bits per heavy atom. The third-order valence-electron chi connectivity index (χ3n) is 8.74. The summed E-state index contributed by atoms with van der Waals surface area (Å²) in [7, 11) is 0. The largest absolute Gasteiger partial charge is 0.487 e. The van der Waals surface area contributed by atoms with E-state index in [1.807, 2.05) is 6.07 Å². The van der Waals surface area contributed by atoms with Gasteiger partial charge in [-0.25, -0.2) is 0 Å². The number of benzene rings is 4. The van der Waals surface area contributed by atoms with Gasteiger partial charge in [0.25, 0.3) is 0 Å². The first-order valence-corrected chi connectivity index (χ1v) is 17.6. The lowest BCUT2D eigenvalue weighted by atomic mass is 9.88. The Morgan fingerprint density at radius 1 is 0.562 bits per heavy atom. The number of nitrogens with zero attached hydrogens (tertiary/aromatic N) is 1. The first-order chi connectivity index (χ1) is 23.8. The lowest BCUT2D eigenvalue weighted by Gasteiger charge is -2.22. The zero-order chi connectivity index (χ0) is 33.2. The van der Waals surface area contributed by atoms with Gasteiger partial charge in [-0.1, -0.05) is 54.6 Å². The van der Waals surface area contributed by atoms with E-state index >= 15 is 0 Å². The highest BCUT2D eigenvalue weighted by Gasteiger charge is 2.16. The molecule has 0 bridgehead atoms. The third-order valence-corrected chi connectivity index (χ3v) is 8.74. The first-order valence-electron chi connectivity index (χ1n) is 17.6. The molecule has 48 heavy (non-hydrogen) atoms. The summed E-state index contributed by atoms with van der Waals surface area (Å²) in [5, 5.41) is 8.91. The Bertz CT molecular complexity index is 1470. The van der Waals surface area contributed by atoms with Crippen LogP contribution in [0.3, 0.4) is 0 Å². The molecule has 0 aromatic heterocycles. The maximum atomic E-state index is 6.20. The monoisotopic (exact) mass is 658 g/mol. The van der Waals surface area contributed by atoms with Crippen molar-refractivity contribution >= 4 is 21.5 Å². The molecule has 0 saturated carbocycles. The highest BCUT2D eigenvalue weighted by Crippen LogP contribution is 2.36. The minimum Gasteiger partial charge on any atom is -0.487 e. The Morgan fingerprint density at radius 3 is 1.62 bits per heavy atom. The number of hydrogen-bond donors (Lipinski definition) is 3. The van der Waals surface area contributed by atoms with Crippen molar-refractivity contribution in [3.05, 3.63) is 83.4 Å². The van der Waals surface area contributed by atoms with E-state index in [4.69, 9.17) is 35.2 Å². The Labute approximate surface area is 285 Å². The minimum absolute atomic E-state index is 0.434. The van der Waals surface area contributed by atoms with Crippen LogP contribution in [0.4, 0.5) is 0 Å². The van der Waals surface area contributed by atoms with Gasteiger partial charge in [0.15, 0.2) is 11.5 Å². The lowest BCUT2D eigenvalue weighted by Crippen LogP contribution is -2.31. The zero-order valence-corrected chi connectivity index (χ0v) is 28.4. The van der Waals surface area contributed by atoms with Gasteiger partial charge in [-0.3, -0.25) is 0 Å². The third kappa shape index (κ3) is 10.6. The van der Waals surface area contributed by atoms with Crippen molar-refractivity contribution in [2.45, 2.75) is 32.2 Å². The first kappa shape index (κ1) is 36.0. The quantitative estimate of drug-likeness (QED) is 0.129. The molecular weight excluding hydrogens is 604 g/mol. The fourth-order valence-electron chi connectivity index (χ4n) is 6.36. The van der Waals surface area contributed by atoms with Crippen LogP contribution < -0.4 is 26.3 Å². The van der Waals surface area contributed by atoms with Crippen molar-refractivity contribution in [1.82, 2.24) is 10.2 Å². The maximum absolute atomic E-state index is 6.20. The summed E-state index contributed by atoms with van der Waals surface area (Å²) in [6, 6.07) is 23.9. The van der Waals surface area contributed by atoms with Crippen LogP contribution in [0.1, 0.15) is 36.0 Å². The molecule has 5 N–H and O–H groups in total. The molecular formula is C39H54N4O5. The molecule has 9 nitrogen and oxygen atoms in total. The van der Waals surface area contributed by atoms with Gasteiger partial charge in [0.1, 0.15) is 13.2 Å². The molecule has 0 atom stereocenters. The molecule has 0 spiro atoms. The molecule has 0 amide bonds. The molecule has 0 unspecified atom stereocenters. The summed E-state index contributed by atoms with van der Waals surface area (Å²) in [6.07, 6.45) is 3.90. The van der Waals surface area contributed by atoms with Gasteiger partial charge in [0.05, 0.1) is 39.6 Å². The summed E-state index contributed by atoms with van der Waals surface area (Å²) in [5.41, 5.74) is 15.4. The van der Waals surface area contributed by atoms with E-state index in [-0.39, 0.29) is 0 Å². The van der Waals surface area contributed by atoms with E-state index in [0.29, 0.717) is 58.6 Å². The van der Waals surface area contributed by atoms with Crippen LogP contribution in [-0.4, -0.2) is 97.0 Å². The second kappa shape index (κ2) is 20.3. The summed E-state index contributed by atoms with van der Waals surface area (Å²) in [5.74, 6) is 1.44. The second-order valence-electron chi connectivity index (χ2n) is 12.2. The van der Waals surface area contributed by atoms with Crippen LogP contribution >= 0.6 is 0 Å². The van der Waals surface area contributed by atoms with Gasteiger partial charge in [0.2, 0.25) is 0 Å². The number of ether oxygens (including phenoxy) is 5. The average Bonchev–Trinajstić information content (AvgIpc) is 3.13. The molecule has 1 aliphatic heterocycles. The van der Waals surface area contributed by atoms with E-state index in [1.54, 1.807) is 0 Å². The summed E-state index contributed by atoms with van der Waals surface area (Å²) < 4.78 is 29.1. The minimum atomic E-state index is 0.434. The van der Waals surface area contributed by atoms with Crippen molar-refractivity contribution in [2.24, 2.45) is 11.5 Å². The van der Waals surface area contributed by atoms with Gasteiger partial charge in [0, 0.05) is 6.54 Å².